The number of thiophene rings is 1. The van der Waals surface area contributed by atoms with E-state index in [2.05, 4.69) is 24.4 Å². The average molecular weight is 288 g/mol. The summed E-state index contributed by atoms with van der Waals surface area (Å²) < 4.78 is 5.51. The molecular formula is C17H20O2S. The molecule has 1 aromatic carbocycles. The van der Waals surface area contributed by atoms with E-state index in [1.54, 1.807) is 11.3 Å². The first-order valence-corrected chi connectivity index (χ1v) is 7.96. The van der Waals surface area contributed by atoms with Gasteiger partial charge in [0.15, 0.2) is 5.78 Å². The van der Waals surface area contributed by atoms with Crippen molar-refractivity contribution in [3.05, 3.63) is 52.2 Å². The van der Waals surface area contributed by atoms with Crippen molar-refractivity contribution in [2.24, 2.45) is 0 Å². The van der Waals surface area contributed by atoms with Crippen molar-refractivity contribution < 1.29 is 9.53 Å². The van der Waals surface area contributed by atoms with E-state index in [0.717, 1.165) is 30.6 Å². The smallest absolute Gasteiger partial charge is 0.162 e. The van der Waals surface area contributed by atoms with Gasteiger partial charge in [-0.1, -0.05) is 13.0 Å². The maximum absolute atomic E-state index is 12.1. The first-order valence-electron chi connectivity index (χ1n) is 7.08. The molecule has 2 rings (SSSR count). The number of benzene rings is 1. The van der Waals surface area contributed by atoms with E-state index < -0.39 is 0 Å². The van der Waals surface area contributed by atoms with Gasteiger partial charge in [-0.05, 0) is 55.0 Å². The lowest BCUT2D eigenvalue weighted by atomic mass is 10.1. The molecule has 0 spiro atoms. The number of ketones is 1. The molecule has 0 N–H and O–H groups in total. The number of rotatable bonds is 8. The molecule has 0 aliphatic carbocycles. The standard InChI is InChI=1S/C17H20O2S/c1-2-12-19-15-10-8-14(9-11-15)17(18)7-3-5-16-6-4-13-20-16/h4,6,8-11,13H,2-3,5,7,12H2,1H3. The van der Waals surface area contributed by atoms with Crippen LogP contribution >= 0.6 is 11.3 Å². The van der Waals surface area contributed by atoms with Gasteiger partial charge < -0.3 is 4.74 Å². The largest absolute Gasteiger partial charge is 0.494 e. The van der Waals surface area contributed by atoms with Crippen molar-refractivity contribution in [2.75, 3.05) is 6.61 Å². The monoisotopic (exact) mass is 288 g/mol. The van der Waals surface area contributed by atoms with Gasteiger partial charge in [-0.15, -0.1) is 11.3 Å². The third-order valence-electron chi connectivity index (χ3n) is 3.06. The maximum atomic E-state index is 12.1. The topological polar surface area (TPSA) is 26.3 Å². The summed E-state index contributed by atoms with van der Waals surface area (Å²) in [4.78, 5) is 13.4. The molecule has 3 heteroatoms. The number of carbonyl (C=O) groups excluding carboxylic acids is 1. The number of Topliss-reactive ketones (excluding diaryl/α,β-unsaturated/α-hetero) is 1. The summed E-state index contributed by atoms with van der Waals surface area (Å²) >= 11 is 1.75. The van der Waals surface area contributed by atoms with E-state index in [4.69, 9.17) is 4.74 Å². The second kappa shape index (κ2) is 7.85. The van der Waals surface area contributed by atoms with Crippen LogP contribution in [0.5, 0.6) is 5.75 Å². The number of carbonyl (C=O) groups is 1. The molecule has 0 saturated carbocycles. The zero-order chi connectivity index (χ0) is 14.2. The summed E-state index contributed by atoms with van der Waals surface area (Å²) in [6, 6.07) is 11.6. The third kappa shape index (κ3) is 4.49. The highest BCUT2D eigenvalue weighted by molar-refractivity contribution is 7.09. The molecular weight excluding hydrogens is 268 g/mol. The van der Waals surface area contributed by atoms with Crippen molar-refractivity contribution in [1.29, 1.82) is 0 Å². The summed E-state index contributed by atoms with van der Waals surface area (Å²) in [5.74, 6) is 1.05. The van der Waals surface area contributed by atoms with Crippen LogP contribution in [-0.4, -0.2) is 12.4 Å². The molecule has 0 aliphatic rings. The zero-order valence-corrected chi connectivity index (χ0v) is 12.6. The zero-order valence-electron chi connectivity index (χ0n) is 11.8. The van der Waals surface area contributed by atoms with Crippen molar-refractivity contribution in [2.45, 2.75) is 32.6 Å². The molecule has 0 saturated heterocycles. The quantitative estimate of drug-likeness (QED) is 0.656. The van der Waals surface area contributed by atoms with Crippen molar-refractivity contribution in [3.8, 4) is 5.75 Å². The average Bonchev–Trinajstić information content (AvgIpc) is 2.99. The van der Waals surface area contributed by atoms with Crippen LogP contribution in [0.2, 0.25) is 0 Å². The Kier molecular flexibility index (Phi) is 5.81. The van der Waals surface area contributed by atoms with Crippen molar-refractivity contribution >= 4 is 17.1 Å². The Morgan fingerprint density at radius 2 is 2.00 bits per heavy atom. The van der Waals surface area contributed by atoms with Crippen LogP contribution in [0.4, 0.5) is 0 Å². The normalized spacial score (nSPS) is 10.4. The Morgan fingerprint density at radius 3 is 2.65 bits per heavy atom. The Labute approximate surface area is 124 Å². The van der Waals surface area contributed by atoms with Crippen molar-refractivity contribution in [3.63, 3.8) is 0 Å². The lowest BCUT2D eigenvalue weighted by Crippen LogP contribution is -2.00. The molecule has 0 atom stereocenters. The summed E-state index contributed by atoms with van der Waals surface area (Å²) in [6.07, 6.45) is 3.49. The first kappa shape index (κ1) is 14.8. The molecule has 0 aliphatic heterocycles. The van der Waals surface area contributed by atoms with E-state index in [1.807, 2.05) is 24.3 Å². The van der Waals surface area contributed by atoms with E-state index >= 15 is 0 Å². The minimum absolute atomic E-state index is 0.212. The highest BCUT2D eigenvalue weighted by Crippen LogP contribution is 2.16. The van der Waals surface area contributed by atoms with Gasteiger partial charge in [-0.3, -0.25) is 4.79 Å². The lowest BCUT2D eigenvalue weighted by Gasteiger charge is -2.05. The van der Waals surface area contributed by atoms with Crippen LogP contribution in [-0.2, 0) is 6.42 Å². The van der Waals surface area contributed by atoms with Crippen LogP contribution in [0.3, 0.4) is 0 Å². The van der Waals surface area contributed by atoms with Crippen LogP contribution in [0.1, 0.15) is 41.4 Å². The maximum Gasteiger partial charge on any atom is 0.162 e. The Hall–Kier alpha value is -1.61. The minimum atomic E-state index is 0.212. The number of ether oxygens (including phenoxy) is 1. The Balaban J connectivity index is 1.79. The SMILES string of the molecule is CCCOc1ccc(C(=O)CCCc2cccs2)cc1. The molecule has 2 nitrogen and oxygen atoms in total. The summed E-state index contributed by atoms with van der Waals surface area (Å²) in [7, 11) is 0. The first-order chi connectivity index (χ1) is 9.79. The minimum Gasteiger partial charge on any atom is -0.494 e. The van der Waals surface area contributed by atoms with Crippen LogP contribution < -0.4 is 4.74 Å². The van der Waals surface area contributed by atoms with E-state index in [9.17, 15) is 4.79 Å². The van der Waals surface area contributed by atoms with Gasteiger partial charge in [0.05, 0.1) is 6.61 Å². The number of hydrogen-bond acceptors (Lipinski definition) is 3. The molecule has 1 heterocycles. The Bertz CT molecular complexity index is 514. The van der Waals surface area contributed by atoms with Gasteiger partial charge in [0.1, 0.15) is 5.75 Å². The van der Waals surface area contributed by atoms with Gasteiger partial charge in [0, 0.05) is 16.9 Å². The molecule has 0 bridgehead atoms. The molecule has 20 heavy (non-hydrogen) atoms. The van der Waals surface area contributed by atoms with Crippen LogP contribution in [0.15, 0.2) is 41.8 Å². The highest BCUT2D eigenvalue weighted by atomic mass is 32.1. The van der Waals surface area contributed by atoms with Gasteiger partial charge >= 0.3 is 0 Å². The van der Waals surface area contributed by atoms with E-state index in [0.29, 0.717) is 13.0 Å². The fraction of sp³-hybridized carbons (Fsp3) is 0.353. The molecule has 0 radical (unpaired) electrons. The van der Waals surface area contributed by atoms with Crippen LogP contribution in [0.25, 0.3) is 0 Å². The van der Waals surface area contributed by atoms with Crippen LogP contribution in [0, 0.1) is 0 Å². The number of hydrogen-bond donors (Lipinski definition) is 0. The molecule has 2 aromatic rings. The van der Waals surface area contributed by atoms with E-state index in [1.165, 1.54) is 4.88 Å². The fourth-order valence-corrected chi connectivity index (χ4v) is 2.73. The number of aryl methyl sites for hydroxylation is 1. The van der Waals surface area contributed by atoms with Gasteiger partial charge in [0.25, 0.3) is 0 Å². The fourth-order valence-electron chi connectivity index (χ4n) is 1.98. The molecule has 0 unspecified atom stereocenters. The summed E-state index contributed by atoms with van der Waals surface area (Å²) in [5, 5.41) is 2.08. The highest BCUT2D eigenvalue weighted by Gasteiger charge is 2.06. The summed E-state index contributed by atoms with van der Waals surface area (Å²) in [5.41, 5.74) is 0.778. The van der Waals surface area contributed by atoms with Gasteiger partial charge in [-0.2, -0.15) is 0 Å². The lowest BCUT2D eigenvalue weighted by molar-refractivity contribution is 0.0980. The summed E-state index contributed by atoms with van der Waals surface area (Å²) in [6.45, 7) is 2.79. The van der Waals surface area contributed by atoms with Gasteiger partial charge in [0.2, 0.25) is 0 Å². The Morgan fingerprint density at radius 1 is 1.20 bits per heavy atom. The molecule has 1 aromatic heterocycles. The van der Waals surface area contributed by atoms with Crippen molar-refractivity contribution in [1.82, 2.24) is 0 Å². The molecule has 106 valence electrons. The predicted molar refractivity (Wildman–Crippen MR) is 83.8 cm³/mol. The predicted octanol–water partition coefficient (Wildman–Crippen LogP) is 4.74. The second-order valence-electron chi connectivity index (χ2n) is 4.73. The second-order valence-corrected chi connectivity index (χ2v) is 5.76. The van der Waals surface area contributed by atoms with E-state index in [-0.39, 0.29) is 5.78 Å². The molecule has 0 amide bonds. The molecule has 0 fully saturated rings. The van der Waals surface area contributed by atoms with Gasteiger partial charge in [-0.25, -0.2) is 0 Å². The third-order valence-corrected chi connectivity index (χ3v) is 3.99.